The van der Waals surface area contributed by atoms with Gasteiger partial charge >= 0.3 is 5.97 Å². The van der Waals surface area contributed by atoms with Gasteiger partial charge in [-0.3, -0.25) is 9.59 Å². The number of carbonyl (C=O) groups excluding carboxylic acids is 2. The monoisotopic (exact) mass is 342 g/mol. The molecule has 25 heavy (non-hydrogen) atoms. The van der Waals surface area contributed by atoms with Gasteiger partial charge in [0.15, 0.2) is 17.6 Å². The van der Waals surface area contributed by atoms with Crippen LogP contribution < -0.4 is 10.9 Å². The van der Waals surface area contributed by atoms with E-state index in [0.29, 0.717) is 16.5 Å². The van der Waals surface area contributed by atoms with Gasteiger partial charge in [0.1, 0.15) is 5.76 Å². The number of rotatable bonds is 4. The molecule has 128 valence electrons. The summed E-state index contributed by atoms with van der Waals surface area (Å²) in [6.45, 7) is 3.09. The molecule has 0 aliphatic heterocycles. The van der Waals surface area contributed by atoms with Crippen LogP contribution in [0.25, 0.3) is 10.8 Å². The summed E-state index contributed by atoms with van der Waals surface area (Å²) in [5.41, 5.74) is -0.494. The third-order valence-corrected chi connectivity index (χ3v) is 3.42. The molecule has 0 spiro atoms. The molecule has 9 nitrogen and oxygen atoms in total. The first-order chi connectivity index (χ1) is 12.0. The first kappa shape index (κ1) is 16.4. The first-order valence-corrected chi connectivity index (χ1v) is 7.38. The van der Waals surface area contributed by atoms with E-state index in [4.69, 9.17) is 9.26 Å². The van der Waals surface area contributed by atoms with Gasteiger partial charge in [-0.25, -0.2) is 9.89 Å². The van der Waals surface area contributed by atoms with Crippen molar-refractivity contribution in [2.75, 3.05) is 5.32 Å². The predicted molar refractivity (Wildman–Crippen MR) is 87.1 cm³/mol. The molecule has 0 bridgehead atoms. The van der Waals surface area contributed by atoms with Crippen molar-refractivity contribution in [3.05, 3.63) is 52.1 Å². The molecule has 0 aliphatic rings. The highest BCUT2D eigenvalue weighted by molar-refractivity contribution is 6.03. The number of H-pyrrole nitrogens is 1. The van der Waals surface area contributed by atoms with E-state index in [-0.39, 0.29) is 11.5 Å². The second kappa shape index (κ2) is 6.56. The van der Waals surface area contributed by atoms with E-state index in [0.717, 1.165) is 0 Å². The van der Waals surface area contributed by atoms with Crippen LogP contribution in [0.15, 0.2) is 39.6 Å². The number of aromatic amines is 1. The largest absolute Gasteiger partial charge is 0.448 e. The van der Waals surface area contributed by atoms with Crippen LogP contribution in [0.2, 0.25) is 0 Å². The summed E-state index contributed by atoms with van der Waals surface area (Å²) in [4.78, 5) is 36.1. The Morgan fingerprint density at radius 1 is 1.28 bits per heavy atom. The number of hydrogen-bond donors (Lipinski definition) is 2. The summed E-state index contributed by atoms with van der Waals surface area (Å²) in [5.74, 6) is -0.649. The smallest absolute Gasteiger partial charge is 0.360 e. The lowest BCUT2D eigenvalue weighted by molar-refractivity contribution is -0.123. The second-order valence-electron chi connectivity index (χ2n) is 5.31. The number of aryl methyl sites for hydroxylation is 1. The lowest BCUT2D eigenvalue weighted by Crippen LogP contribution is -2.30. The average Bonchev–Trinajstić information content (AvgIpc) is 3.00. The van der Waals surface area contributed by atoms with Gasteiger partial charge in [0.25, 0.3) is 11.5 Å². The summed E-state index contributed by atoms with van der Waals surface area (Å²) in [5, 5.41) is 12.7. The Kier molecular flexibility index (Phi) is 4.29. The number of hydrogen-bond acceptors (Lipinski definition) is 7. The topological polar surface area (TPSA) is 127 Å². The first-order valence-electron chi connectivity index (χ1n) is 7.38. The SMILES string of the molecule is Cc1cc(NC(=O)[C@@H](C)OC(=O)c2n[nH]c(=O)c3ccccc23)no1. The molecule has 0 aliphatic carbocycles. The van der Waals surface area contributed by atoms with Gasteiger partial charge < -0.3 is 14.6 Å². The predicted octanol–water partition coefficient (Wildman–Crippen LogP) is 1.40. The van der Waals surface area contributed by atoms with E-state index in [9.17, 15) is 14.4 Å². The molecule has 0 unspecified atom stereocenters. The third kappa shape index (κ3) is 3.39. The van der Waals surface area contributed by atoms with Crippen molar-refractivity contribution in [3.63, 3.8) is 0 Å². The maximum Gasteiger partial charge on any atom is 0.360 e. The minimum atomic E-state index is -1.10. The van der Waals surface area contributed by atoms with Crippen molar-refractivity contribution >= 4 is 28.5 Å². The molecule has 1 amide bonds. The summed E-state index contributed by atoms with van der Waals surface area (Å²) < 4.78 is 9.97. The van der Waals surface area contributed by atoms with Gasteiger partial charge in [-0.2, -0.15) is 5.10 Å². The zero-order valence-electron chi connectivity index (χ0n) is 13.4. The molecule has 1 atom stereocenters. The molecule has 3 rings (SSSR count). The zero-order chi connectivity index (χ0) is 18.0. The van der Waals surface area contributed by atoms with E-state index < -0.39 is 23.5 Å². The molecule has 1 aromatic carbocycles. The maximum atomic E-state index is 12.3. The van der Waals surface area contributed by atoms with Crippen molar-refractivity contribution < 1.29 is 18.8 Å². The van der Waals surface area contributed by atoms with Crippen LogP contribution >= 0.6 is 0 Å². The number of benzene rings is 1. The lowest BCUT2D eigenvalue weighted by atomic mass is 10.1. The maximum absolute atomic E-state index is 12.3. The van der Waals surface area contributed by atoms with Crippen LogP contribution in [0.3, 0.4) is 0 Å². The molecule has 0 saturated carbocycles. The molecule has 0 radical (unpaired) electrons. The van der Waals surface area contributed by atoms with Gasteiger partial charge in [0.2, 0.25) is 0 Å². The average molecular weight is 342 g/mol. The molecule has 2 heterocycles. The van der Waals surface area contributed by atoms with E-state index in [1.165, 1.54) is 13.0 Å². The molecule has 0 fully saturated rings. The van der Waals surface area contributed by atoms with Crippen LogP contribution in [0.1, 0.15) is 23.2 Å². The molecular formula is C16H14N4O5. The van der Waals surface area contributed by atoms with E-state index in [2.05, 4.69) is 20.7 Å². The molecule has 9 heteroatoms. The number of fused-ring (bicyclic) bond motifs is 1. The van der Waals surface area contributed by atoms with Crippen LogP contribution in [0, 0.1) is 6.92 Å². The standard InChI is InChI=1S/C16H14N4O5/c1-8-7-12(20-25-8)17-14(21)9(2)24-16(23)13-10-5-3-4-6-11(10)15(22)19-18-13/h3-7,9H,1-2H3,(H,19,22)(H,17,20,21)/t9-/m1/s1. The molecule has 2 N–H and O–H groups in total. The second-order valence-corrected chi connectivity index (χ2v) is 5.31. The number of amides is 1. The third-order valence-electron chi connectivity index (χ3n) is 3.42. The molecule has 0 saturated heterocycles. The van der Waals surface area contributed by atoms with Gasteiger partial charge in [0, 0.05) is 11.5 Å². The van der Waals surface area contributed by atoms with Crippen molar-refractivity contribution in [3.8, 4) is 0 Å². The molecule has 2 aromatic heterocycles. The van der Waals surface area contributed by atoms with Gasteiger partial charge in [-0.05, 0) is 19.9 Å². The quantitative estimate of drug-likeness (QED) is 0.686. The van der Waals surface area contributed by atoms with Gasteiger partial charge in [-0.1, -0.05) is 23.4 Å². The highest BCUT2D eigenvalue weighted by Crippen LogP contribution is 2.14. The van der Waals surface area contributed by atoms with Crippen LogP contribution in [0.5, 0.6) is 0 Å². The van der Waals surface area contributed by atoms with Crippen LogP contribution in [-0.4, -0.2) is 33.3 Å². The summed E-state index contributed by atoms with van der Waals surface area (Å²) in [6.07, 6.45) is -1.10. The molecule has 3 aromatic rings. The fourth-order valence-electron chi connectivity index (χ4n) is 2.19. The number of esters is 1. The summed E-state index contributed by atoms with van der Waals surface area (Å²) >= 11 is 0. The number of carbonyl (C=O) groups is 2. The number of anilines is 1. The van der Waals surface area contributed by atoms with Crippen LogP contribution in [-0.2, 0) is 9.53 Å². The Morgan fingerprint density at radius 2 is 2.00 bits per heavy atom. The number of nitrogens with zero attached hydrogens (tertiary/aromatic N) is 2. The zero-order valence-corrected chi connectivity index (χ0v) is 13.4. The Labute approximate surface area is 141 Å². The van der Waals surface area contributed by atoms with Gasteiger partial charge in [0.05, 0.1) is 5.39 Å². The summed E-state index contributed by atoms with van der Waals surface area (Å²) in [7, 11) is 0. The fraction of sp³-hybridized carbons (Fsp3) is 0.188. The van der Waals surface area contributed by atoms with Crippen molar-refractivity contribution in [2.45, 2.75) is 20.0 Å². The minimum Gasteiger partial charge on any atom is -0.448 e. The summed E-state index contributed by atoms with van der Waals surface area (Å²) in [6, 6.07) is 8.02. The Balaban J connectivity index is 1.77. The minimum absolute atomic E-state index is 0.0767. The van der Waals surface area contributed by atoms with Gasteiger partial charge in [-0.15, -0.1) is 0 Å². The lowest BCUT2D eigenvalue weighted by Gasteiger charge is -2.12. The number of nitrogens with one attached hydrogen (secondary N) is 2. The van der Waals surface area contributed by atoms with E-state index in [1.807, 2.05) is 0 Å². The Hall–Kier alpha value is -3.49. The van der Waals surface area contributed by atoms with E-state index in [1.54, 1.807) is 31.2 Å². The van der Waals surface area contributed by atoms with Crippen molar-refractivity contribution in [2.24, 2.45) is 0 Å². The highest BCUT2D eigenvalue weighted by atomic mass is 16.5. The Bertz CT molecular complexity index is 1010. The fourth-order valence-corrected chi connectivity index (χ4v) is 2.19. The number of aromatic nitrogens is 3. The van der Waals surface area contributed by atoms with Crippen molar-refractivity contribution in [1.29, 1.82) is 0 Å². The normalized spacial score (nSPS) is 11.9. The van der Waals surface area contributed by atoms with Crippen LogP contribution in [0.4, 0.5) is 5.82 Å². The highest BCUT2D eigenvalue weighted by Gasteiger charge is 2.22. The Morgan fingerprint density at radius 3 is 2.68 bits per heavy atom. The van der Waals surface area contributed by atoms with Crippen molar-refractivity contribution in [1.82, 2.24) is 15.4 Å². The molecular weight excluding hydrogens is 328 g/mol. The number of ether oxygens (including phenoxy) is 1. The van der Waals surface area contributed by atoms with E-state index >= 15 is 0 Å².